The Bertz CT molecular complexity index is 1390. The molecule has 2 heterocycles. The summed E-state index contributed by atoms with van der Waals surface area (Å²) in [7, 11) is 0. The Hall–Kier alpha value is -2.88. The number of ether oxygens (including phenoxy) is 1. The molecule has 0 atom stereocenters. The van der Waals surface area contributed by atoms with Gasteiger partial charge in [-0.3, -0.25) is 19.3 Å². The number of carbonyl (C=O) groups excluding carboxylic acids is 3. The summed E-state index contributed by atoms with van der Waals surface area (Å²) in [6.07, 6.45) is 2.42. The molecule has 5 rings (SSSR count). The molecule has 3 aromatic rings. The van der Waals surface area contributed by atoms with Gasteiger partial charge in [-0.05, 0) is 90.5 Å². The maximum absolute atomic E-state index is 13.0. The van der Waals surface area contributed by atoms with Gasteiger partial charge in [-0.2, -0.15) is 0 Å². The Kier molecular flexibility index (Phi) is 7.83. The molecule has 37 heavy (non-hydrogen) atoms. The number of hydrogen-bond acceptors (Lipinski definition) is 5. The van der Waals surface area contributed by atoms with E-state index in [2.05, 4.69) is 37.9 Å². The van der Waals surface area contributed by atoms with Crippen LogP contribution in [0.3, 0.4) is 0 Å². The van der Waals surface area contributed by atoms with Crippen LogP contribution in [0.25, 0.3) is 6.08 Å². The van der Waals surface area contributed by atoms with Gasteiger partial charge in [0.2, 0.25) is 5.91 Å². The van der Waals surface area contributed by atoms with E-state index < -0.39 is 11.1 Å². The molecule has 2 aliphatic rings. The van der Waals surface area contributed by atoms with Crippen molar-refractivity contribution in [3.05, 3.63) is 103 Å². The van der Waals surface area contributed by atoms with Crippen molar-refractivity contribution in [1.29, 1.82) is 0 Å². The molecule has 9 heteroatoms. The van der Waals surface area contributed by atoms with Crippen LogP contribution in [0.2, 0.25) is 0 Å². The summed E-state index contributed by atoms with van der Waals surface area (Å²) in [6.45, 7) is 1.21. The van der Waals surface area contributed by atoms with Gasteiger partial charge < -0.3 is 9.64 Å². The topological polar surface area (TPSA) is 66.9 Å². The fraction of sp³-hybridized carbons (Fsp3) is 0.179. The molecular formula is C28H22Br2N2O4S. The molecule has 1 fully saturated rings. The fourth-order valence-corrected chi connectivity index (χ4v) is 6.55. The van der Waals surface area contributed by atoms with Crippen molar-refractivity contribution in [2.45, 2.75) is 19.6 Å². The number of hydrogen-bond donors (Lipinski definition) is 0. The average molecular weight is 642 g/mol. The van der Waals surface area contributed by atoms with Crippen molar-refractivity contribution >= 4 is 66.8 Å². The van der Waals surface area contributed by atoms with Gasteiger partial charge in [0.25, 0.3) is 11.1 Å². The predicted molar refractivity (Wildman–Crippen MR) is 151 cm³/mol. The van der Waals surface area contributed by atoms with Gasteiger partial charge in [0.15, 0.2) is 0 Å². The minimum absolute atomic E-state index is 0.233. The number of benzene rings is 3. The Balaban J connectivity index is 1.26. The van der Waals surface area contributed by atoms with Crippen molar-refractivity contribution in [1.82, 2.24) is 9.80 Å². The number of amides is 3. The molecule has 3 aromatic carbocycles. The van der Waals surface area contributed by atoms with E-state index >= 15 is 0 Å². The van der Waals surface area contributed by atoms with Crippen LogP contribution in [0.1, 0.15) is 22.3 Å². The summed E-state index contributed by atoms with van der Waals surface area (Å²) in [5.41, 5.74) is 4.09. The number of imide groups is 1. The highest BCUT2D eigenvalue weighted by Crippen LogP contribution is 2.38. The van der Waals surface area contributed by atoms with Crippen LogP contribution in [0, 0.1) is 0 Å². The lowest BCUT2D eigenvalue weighted by Crippen LogP contribution is -2.44. The Morgan fingerprint density at radius 1 is 0.973 bits per heavy atom. The van der Waals surface area contributed by atoms with E-state index in [9.17, 15) is 14.4 Å². The molecule has 2 aliphatic heterocycles. The third-order valence-corrected chi connectivity index (χ3v) is 8.28. The normalized spacial score (nSPS) is 16.3. The third kappa shape index (κ3) is 5.84. The van der Waals surface area contributed by atoms with Gasteiger partial charge in [0.1, 0.15) is 18.9 Å². The van der Waals surface area contributed by atoms with Crippen molar-refractivity contribution in [3.63, 3.8) is 0 Å². The van der Waals surface area contributed by atoms with Crippen LogP contribution >= 0.6 is 43.6 Å². The quantitative estimate of drug-likeness (QED) is 0.291. The first-order valence-corrected chi connectivity index (χ1v) is 14.0. The second-order valence-corrected chi connectivity index (χ2v) is 11.4. The lowest BCUT2D eigenvalue weighted by molar-refractivity contribution is -0.136. The zero-order valence-electron chi connectivity index (χ0n) is 19.7. The molecule has 0 spiro atoms. The molecule has 0 N–H and O–H groups in total. The van der Waals surface area contributed by atoms with Crippen molar-refractivity contribution in [2.24, 2.45) is 0 Å². The van der Waals surface area contributed by atoms with E-state index in [0.717, 1.165) is 39.8 Å². The molecule has 1 saturated heterocycles. The first-order valence-electron chi connectivity index (χ1n) is 11.6. The SMILES string of the molecule is O=C(CN1C(=O)S/C(=C\c2cc(Br)c(OCc3ccccc3)c(Br)c2)C1=O)N1CCc2ccccc2C1. The van der Waals surface area contributed by atoms with Crippen LogP contribution in [0.15, 0.2) is 80.6 Å². The minimum Gasteiger partial charge on any atom is -0.487 e. The fourth-order valence-electron chi connectivity index (χ4n) is 4.26. The zero-order valence-corrected chi connectivity index (χ0v) is 23.6. The standard InChI is InChI=1S/C28H22Br2N2O4S/c29-22-12-19(13-23(30)26(22)36-17-18-6-2-1-3-7-18)14-24-27(34)32(28(35)37-24)16-25(33)31-11-10-20-8-4-5-9-21(20)15-31/h1-9,12-14H,10-11,15-17H2/b24-14-. The highest BCUT2D eigenvalue weighted by Gasteiger charge is 2.37. The maximum Gasteiger partial charge on any atom is 0.294 e. The van der Waals surface area contributed by atoms with Crippen LogP contribution in [0.5, 0.6) is 5.75 Å². The van der Waals surface area contributed by atoms with E-state index in [1.54, 1.807) is 11.0 Å². The molecule has 0 aliphatic carbocycles. The molecule has 6 nitrogen and oxygen atoms in total. The summed E-state index contributed by atoms with van der Waals surface area (Å²) in [5.74, 6) is -0.0522. The molecule has 0 saturated carbocycles. The first kappa shape index (κ1) is 25.8. The Morgan fingerprint density at radius 2 is 1.65 bits per heavy atom. The number of halogens is 2. The lowest BCUT2D eigenvalue weighted by Gasteiger charge is -2.29. The van der Waals surface area contributed by atoms with E-state index in [4.69, 9.17) is 4.74 Å². The number of nitrogens with zero attached hydrogens (tertiary/aromatic N) is 2. The lowest BCUT2D eigenvalue weighted by atomic mass is 10.00. The van der Waals surface area contributed by atoms with Gasteiger partial charge in [-0.25, -0.2) is 0 Å². The molecule has 0 radical (unpaired) electrons. The molecule has 188 valence electrons. The number of fused-ring (bicyclic) bond motifs is 1. The highest BCUT2D eigenvalue weighted by molar-refractivity contribution is 9.11. The number of rotatable bonds is 6. The van der Waals surface area contributed by atoms with Gasteiger partial charge in [-0.1, -0.05) is 54.6 Å². The zero-order chi connectivity index (χ0) is 25.9. The monoisotopic (exact) mass is 640 g/mol. The molecule has 0 aromatic heterocycles. The summed E-state index contributed by atoms with van der Waals surface area (Å²) in [4.78, 5) is 41.6. The molecule has 3 amide bonds. The van der Waals surface area contributed by atoms with E-state index in [0.29, 0.717) is 34.4 Å². The minimum atomic E-state index is -0.461. The van der Waals surface area contributed by atoms with Crippen molar-refractivity contribution in [2.75, 3.05) is 13.1 Å². The summed E-state index contributed by atoms with van der Waals surface area (Å²) < 4.78 is 7.39. The van der Waals surface area contributed by atoms with Gasteiger partial charge in [0.05, 0.1) is 13.9 Å². The second kappa shape index (κ2) is 11.2. The number of carbonyl (C=O) groups is 3. The molecule has 0 bridgehead atoms. The first-order chi connectivity index (χ1) is 17.9. The van der Waals surface area contributed by atoms with E-state index in [-0.39, 0.29) is 17.4 Å². The highest BCUT2D eigenvalue weighted by atomic mass is 79.9. The molecule has 0 unspecified atom stereocenters. The van der Waals surface area contributed by atoms with Crippen molar-refractivity contribution in [3.8, 4) is 5.75 Å². The van der Waals surface area contributed by atoms with Crippen molar-refractivity contribution < 1.29 is 19.1 Å². The summed E-state index contributed by atoms with van der Waals surface area (Å²) in [5, 5.41) is -0.442. The second-order valence-electron chi connectivity index (χ2n) is 8.69. The smallest absolute Gasteiger partial charge is 0.294 e. The Labute approximate surface area is 235 Å². The summed E-state index contributed by atoms with van der Waals surface area (Å²) in [6, 6.07) is 21.5. The van der Waals surface area contributed by atoms with Crippen LogP contribution < -0.4 is 4.74 Å². The van der Waals surface area contributed by atoms with Gasteiger partial charge >= 0.3 is 0 Å². The van der Waals surface area contributed by atoms with Crippen LogP contribution in [0.4, 0.5) is 4.79 Å². The average Bonchev–Trinajstić information content (AvgIpc) is 3.15. The number of thioether (sulfide) groups is 1. The van der Waals surface area contributed by atoms with E-state index in [1.807, 2.05) is 60.7 Å². The molecular weight excluding hydrogens is 620 g/mol. The van der Waals surface area contributed by atoms with Gasteiger partial charge in [-0.15, -0.1) is 0 Å². The van der Waals surface area contributed by atoms with Crippen LogP contribution in [-0.4, -0.2) is 39.9 Å². The predicted octanol–water partition coefficient (Wildman–Crippen LogP) is 6.41. The third-order valence-electron chi connectivity index (χ3n) is 6.19. The summed E-state index contributed by atoms with van der Waals surface area (Å²) >= 11 is 7.93. The van der Waals surface area contributed by atoms with Crippen LogP contribution in [-0.2, 0) is 29.2 Å². The van der Waals surface area contributed by atoms with E-state index in [1.165, 1.54) is 5.56 Å². The largest absolute Gasteiger partial charge is 0.487 e. The maximum atomic E-state index is 13.0. The van der Waals surface area contributed by atoms with Gasteiger partial charge in [0, 0.05) is 13.1 Å². The Morgan fingerprint density at radius 3 is 2.38 bits per heavy atom.